The van der Waals surface area contributed by atoms with Crippen LogP contribution in [0.25, 0.3) is 22.6 Å². The van der Waals surface area contributed by atoms with Crippen LogP contribution in [0.2, 0.25) is 0 Å². The number of aromatic hydroxyl groups is 1. The van der Waals surface area contributed by atoms with Crippen LogP contribution in [-0.4, -0.2) is 75.6 Å². The first-order valence-corrected chi connectivity index (χ1v) is 9.08. The molecule has 4 aromatic heterocycles. The van der Waals surface area contributed by atoms with Gasteiger partial charge >= 0.3 is 0 Å². The molecule has 4 aromatic rings. The third kappa shape index (κ3) is 3.45. The summed E-state index contributed by atoms with van der Waals surface area (Å²) < 4.78 is 9.31. The number of rotatable bonds is 4. The van der Waals surface area contributed by atoms with E-state index in [2.05, 4.69) is 35.3 Å². The van der Waals surface area contributed by atoms with Crippen LogP contribution in [0.5, 0.6) is 5.75 Å². The van der Waals surface area contributed by atoms with Crippen molar-refractivity contribution in [3.05, 3.63) is 31.0 Å². The highest BCUT2D eigenvalue weighted by molar-refractivity contribution is 5.69. The number of hydrogen-bond acceptors (Lipinski definition) is 10. The standard InChI is InChI=1S/C17H18N10O2/c1-25-8-11(4-21-25)14-7-18-15-16(22-14)27(24-23-15)10-13-9-26(2-3-29-13)17-19-5-12(28)6-20-17/h4-8,13,28H,2-3,9-10H2,1H3/t13-/m0/s1. The summed E-state index contributed by atoms with van der Waals surface area (Å²) in [7, 11) is 1.85. The number of morpholine rings is 1. The summed E-state index contributed by atoms with van der Waals surface area (Å²) >= 11 is 0. The molecule has 12 nitrogen and oxygen atoms in total. The quantitative estimate of drug-likeness (QED) is 0.505. The summed E-state index contributed by atoms with van der Waals surface area (Å²) in [6, 6.07) is 0. The smallest absolute Gasteiger partial charge is 0.225 e. The minimum atomic E-state index is -0.144. The highest BCUT2D eigenvalue weighted by Gasteiger charge is 2.24. The lowest BCUT2D eigenvalue weighted by atomic mass is 10.2. The molecule has 0 amide bonds. The summed E-state index contributed by atoms with van der Waals surface area (Å²) in [5.74, 6) is 0.592. The van der Waals surface area contributed by atoms with Crippen LogP contribution in [0.1, 0.15) is 0 Å². The summed E-state index contributed by atoms with van der Waals surface area (Å²) in [6.07, 6.45) is 7.91. The zero-order valence-electron chi connectivity index (χ0n) is 15.6. The second-order valence-corrected chi connectivity index (χ2v) is 6.76. The van der Waals surface area contributed by atoms with Gasteiger partial charge in [-0.25, -0.2) is 24.6 Å². The minimum Gasteiger partial charge on any atom is -0.505 e. The Bertz CT molecular complexity index is 1140. The fraction of sp³-hybridized carbons (Fsp3) is 0.353. The van der Waals surface area contributed by atoms with E-state index in [9.17, 15) is 5.11 Å². The van der Waals surface area contributed by atoms with Crippen LogP contribution in [-0.2, 0) is 18.3 Å². The lowest BCUT2D eigenvalue weighted by molar-refractivity contribution is 0.0272. The molecular formula is C17H18N10O2. The molecule has 0 saturated carbocycles. The van der Waals surface area contributed by atoms with Crippen LogP contribution < -0.4 is 4.90 Å². The molecule has 1 saturated heterocycles. The molecule has 1 aliphatic heterocycles. The van der Waals surface area contributed by atoms with Gasteiger partial charge in [0.1, 0.15) is 0 Å². The molecule has 1 N–H and O–H groups in total. The maximum absolute atomic E-state index is 9.38. The summed E-state index contributed by atoms with van der Waals surface area (Å²) in [6.45, 7) is 2.26. The molecule has 0 unspecified atom stereocenters. The van der Waals surface area contributed by atoms with E-state index < -0.39 is 0 Å². The predicted molar refractivity (Wildman–Crippen MR) is 101 cm³/mol. The van der Waals surface area contributed by atoms with Gasteiger partial charge in [-0.1, -0.05) is 5.21 Å². The van der Waals surface area contributed by atoms with Gasteiger partial charge in [0.25, 0.3) is 0 Å². The SMILES string of the molecule is Cn1cc(-c2cnc3nnn(C[C@@H]4CN(c5ncc(O)cn5)CCO4)c3n2)cn1. The molecule has 148 valence electrons. The molecule has 0 spiro atoms. The van der Waals surface area contributed by atoms with Gasteiger partial charge in [0, 0.05) is 31.9 Å². The average Bonchev–Trinajstić information content (AvgIpc) is 3.35. The largest absolute Gasteiger partial charge is 0.505 e. The molecule has 29 heavy (non-hydrogen) atoms. The number of hydrogen-bond donors (Lipinski definition) is 1. The van der Waals surface area contributed by atoms with Crippen molar-refractivity contribution >= 4 is 17.2 Å². The van der Waals surface area contributed by atoms with E-state index in [1.807, 2.05) is 18.1 Å². The van der Waals surface area contributed by atoms with Gasteiger partial charge in [-0.05, 0) is 0 Å². The van der Waals surface area contributed by atoms with Crippen molar-refractivity contribution in [3.8, 4) is 17.0 Å². The molecule has 0 aliphatic carbocycles. The van der Waals surface area contributed by atoms with Crippen molar-refractivity contribution in [2.45, 2.75) is 12.6 Å². The molecule has 12 heteroatoms. The lowest BCUT2D eigenvalue weighted by Crippen LogP contribution is -2.45. The van der Waals surface area contributed by atoms with Crippen LogP contribution in [0, 0.1) is 0 Å². The van der Waals surface area contributed by atoms with Crippen LogP contribution in [0.4, 0.5) is 5.95 Å². The Labute approximate surface area is 164 Å². The normalized spacial score (nSPS) is 17.1. The van der Waals surface area contributed by atoms with Gasteiger partial charge in [0.2, 0.25) is 11.6 Å². The number of ether oxygens (including phenoxy) is 1. The van der Waals surface area contributed by atoms with Gasteiger partial charge in [0.15, 0.2) is 11.4 Å². The first-order chi connectivity index (χ1) is 14.2. The minimum absolute atomic E-state index is 0.0376. The summed E-state index contributed by atoms with van der Waals surface area (Å²) in [5, 5.41) is 21.9. The van der Waals surface area contributed by atoms with Gasteiger partial charge in [-0.3, -0.25) is 4.68 Å². The summed E-state index contributed by atoms with van der Waals surface area (Å²) in [5.41, 5.74) is 2.65. The first kappa shape index (κ1) is 17.4. The Balaban J connectivity index is 1.37. The lowest BCUT2D eigenvalue weighted by Gasteiger charge is -2.32. The van der Waals surface area contributed by atoms with E-state index in [-0.39, 0.29) is 11.9 Å². The van der Waals surface area contributed by atoms with Gasteiger partial charge in [-0.2, -0.15) is 5.10 Å². The maximum atomic E-state index is 9.38. The molecule has 0 aromatic carbocycles. The molecule has 5 rings (SSSR count). The number of anilines is 1. The van der Waals surface area contributed by atoms with E-state index in [1.165, 1.54) is 12.4 Å². The topological polar surface area (TPSA) is 133 Å². The van der Waals surface area contributed by atoms with Crippen molar-refractivity contribution in [3.63, 3.8) is 0 Å². The first-order valence-electron chi connectivity index (χ1n) is 9.08. The fourth-order valence-electron chi connectivity index (χ4n) is 3.25. The van der Waals surface area contributed by atoms with Gasteiger partial charge in [0.05, 0.1) is 49.7 Å². The van der Waals surface area contributed by atoms with E-state index in [0.717, 1.165) is 5.56 Å². The molecular weight excluding hydrogens is 376 g/mol. The van der Waals surface area contributed by atoms with Crippen LogP contribution in [0.3, 0.4) is 0 Å². The highest BCUT2D eigenvalue weighted by atomic mass is 16.5. The van der Waals surface area contributed by atoms with Crippen molar-refractivity contribution in [2.24, 2.45) is 7.05 Å². The Morgan fingerprint density at radius 3 is 2.83 bits per heavy atom. The number of fused-ring (bicyclic) bond motifs is 1. The van der Waals surface area contributed by atoms with E-state index in [4.69, 9.17) is 4.74 Å². The van der Waals surface area contributed by atoms with Gasteiger partial charge < -0.3 is 14.7 Å². The number of nitrogens with zero attached hydrogens (tertiary/aromatic N) is 10. The summed E-state index contributed by atoms with van der Waals surface area (Å²) in [4.78, 5) is 19.4. The third-order valence-electron chi connectivity index (χ3n) is 4.65. The second-order valence-electron chi connectivity index (χ2n) is 6.76. The Morgan fingerprint density at radius 2 is 2.03 bits per heavy atom. The third-order valence-corrected chi connectivity index (χ3v) is 4.65. The van der Waals surface area contributed by atoms with E-state index in [0.29, 0.717) is 49.2 Å². The van der Waals surface area contributed by atoms with E-state index >= 15 is 0 Å². The fourth-order valence-corrected chi connectivity index (χ4v) is 3.25. The van der Waals surface area contributed by atoms with E-state index in [1.54, 1.807) is 21.8 Å². The Hall–Kier alpha value is -3.67. The maximum Gasteiger partial charge on any atom is 0.225 e. The zero-order chi connectivity index (χ0) is 19.8. The highest BCUT2D eigenvalue weighted by Crippen LogP contribution is 2.19. The molecule has 1 atom stereocenters. The van der Waals surface area contributed by atoms with Crippen molar-refractivity contribution < 1.29 is 9.84 Å². The van der Waals surface area contributed by atoms with Crippen LogP contribution >= 0.6 is 0 Å². The number of aromatic nitrogens is 9. The molecule has 5 heterocycles. The zero-order valence-corrected chi connectivity index (χ0v) is 15.6. The molecule has 1 fully saturated rings. The van der Waals surface area contributed by atoms with Crippen LogP contribution in [0.15, 0.2) is 31.0 Å². The van der Waals surface area contributed by atoms with Crippen molar-refractivity contribution in [2.75, 3.05) is 24.6 Å². The monoisotopic (exact) mass is 394 g/mol. The van der Waals surface area contributed by atoms with Crippen molar-refractivity contribution in [1.82, 2.24) is 44.7 Å². The molecule has 1 aliphatic rings. The average molecular weight is 394 g/mol. The Morgan fingerprint density at radius 1 is 1.17 bits per heavy atom. The molecule has 0 bridgehead atoms. The Kier molecular flexibility index (Phi) is 4.24. The van der Waals surface area contributed by atoms with Gasteiger partial charge in [-0.15, -0.1) is 5.10 Å². The molecule has 0 radical (unpaired) electrons. The predicted octanol–water partition coefficient (Wildman–Crippen LogP) is 0.0228. The number of aryl methyl sites for hydroxylation is 1. The second kappa shape index (κ2) is 7.05. The van der Waals surface area contributed by atoms with Crippen molar-refractivity contribution in [1.29, 1.82) is 0 Å².